The molecule has 2 saturated heterocycles. The standard InChI is InChI=1S/C33H40N4O6.C2HF3O2/c1-32(2,3)43-31(40)36-18-14-22(15-19-36)28(29(38)35-41)37-20-16-33(4,30(37)39)24-9-11-25(12-10-24)42-21-23-13-17-34-27-8-6-5-7-26(23)27;3-2(4,5)1(6)7/h5-13,17,22,28,41H,14-16,18-21H2,1-4H3,(H,35,38);(H,6,7)/t28-,33?;/m1./s1. The number of benzene rings is 2. The molecule has 3 aromatic rings. The van der Waals surface area contributed by atoms with E-state index >= 15 is 0 Å². The van der Waals surface area contributed by atoms with Crippen molar-refractivity contribution in [3.05, 3.63) is 71.9 Å². The Balaban J connectivity index is 0.000000727. The van der Waals surface area contributed by atoms with Crippen molar-refractivity contribution >= 4 is 34.8 Å². The molecule has 3 N–H and O–H groups in total. The summed E-state index contributed by atoms with van der Waals surface area (Å²) in [5.74, 6) is -3.05. The van der Waals surface area contributed by atoms with Crippen LogP contribution in [0.1, 0.15) is 58.1 Å². The lowest BCUT2D eigenvalue weighted by Gasteiger charge is -2.39. The van der Waals surface area contributed by atoms with Crippen molar-refractivity contribution in [2.75, 3.05) is 19.6 Å². The lowest BCUT2D eigenvalue weighted by molar-refractivity contribution is -0.192. The van der Waals surface area contributed by atoms with E-state index in [1.807, 2.05) is 82.3 Å². The normalized spacial score (nSPS) is 19.0. The molecular formula is C35H41F3N4O8. The second kappa shape index (κ2) is 15.3. The van der Waals surface area contributed by atoms with Crippen molar-refractivity contribution < 1.29 is 52.1 Å². The van der Waals surface area contributed by atoms with Crippen LogP contribution in [0, 0.1) is 5.92 Å². The number of rotatable bonds is 7. The number of ether oxygens (including phenoxy) is 2. The van der Waals surface area contributed by atoms with Crippen LogP contribution in [0.2, 0.25) is 0 Å². The van der Waals surface area contributed by atoms with Gasteiger partial charge in [-0.05, 0) is 82.7 Å². The van der Waals surface area contributed by atoms with Gasteiger partial charge in [0.15, 0.2) is 0 Å². The van der Waals surface area contributed by atoms with Crippen LogP contribution in [0.3, 0.4) is 0 Å². The van der Waals surface area contributed by atoms with Gasteiger partial charge in [0.2, 0.25) is 5.91 Å². The zero-order chi connectivity index (χ0) is 36.9. The molecule has 1 unspecified atom stereocenters. The predicted octanol–water partition coefficient (Wildman–Crippen LogP) is 5.46. The van der Waals surface area contributed by atoms with Crippen LogP contribution < -0.4 is 10.2 Å². The average Bonchev–Trinajstić information content (AvgIpc) is 3.37. The largest absolute Gasteiger partial charge is 0.490 e. The first kappa shape index (κ1) is 37.9. The average molecular weight is 703 g/mol. The first-order valence-corrected chi connectivity index (χ1v) is 16.0. The van der Waals surface area contributed by atoms with E-state index in [0.29, 0.717) is 51.3 Å². The Labute approximate surface area is 287 Å². The summed E-state index contributed by atoms with van der Waals surface area (Å²) in [4.78, 5) is 55.9. The van der Waals surface area contributed by atoms with Crippen molar-refractivity contribution in [3.63, 3.8) is 0 Å². The summed E-state index contributed by atoms with van der Waals surface area (Å²) in [6, 6.07) is 16.6. The highest BCUT2D eigenvalue weighted by Crippen LogP contribution is 2.39. The van der Waals surface area contributed by atoms with Crippen LogP contribution in [0.15, 0.2) is 60.8 Å². The maximum absolute atomic E-state index is 13.9. The number of aromatic nitrogens is 1. The number of hydrogen-bond acceptors (Lipinski definition) is 8. The van der Waals surface area contributed by atoms with Gasteiger partial charge in [-0.25, -0.2) is 15.1 Å². The Kier molecular flexibility index (Phi) is 11.6. The number of nitrogens with one attached hydrogen (secondary N) is 1. The number of carbonyl (C=O) groups excluding carboxylic acids is 3. The van der Waals surface area contributed by atoms with Crippen LogP contribution in [0.4, 0.5) is 18.0 Å². The maximum atomic E-state index is 13.9. The van der Waals surface area contributed by atoms with Gasteiger partial charge in [-0.2, -0.15) is 13.2 Å². The molecule has 0 aliphatic carbocycles. The molecule has 3 heterocycles. The number of carboxylic acids is 1. The second-order valence-corrected chi connectivity index (χ2v) is 13.4. The van der Waals surface area contributed by atoms with E-state index < -0.39 is 35.1 Å². The van der Waals surface area contributed by atoms with Gasteiger partial charge < -0.3 is 24.4 Å². The number of carboxylic acid groups (broad SMARTS) is 1. The molecule has 50 heavy (non-hydrogen) atoms. The van der Waals surface area contributed by atoms with Gasteiger partial charge in [0.05, 0.1) is 10.9 Å². The number of hydrogen-bond donors (Lipinski definition) is 3. The fourth-order valence-electron chi connectivity index (χ4n) is 6.16. The molecule has 2 fully saturated rings. The van der Waals surface area contributed by atoms with Gasteiger partial charge in [0.1, 0.15) is 24.0 Å². The molecule has 2 atom stereocenters. The van der Waals surface area contributed by atoms with E-state index in [2.05, 4.69) is 4.98 Å². The number of fused-ring (bicyclic) bond motifs is 1. The van der Waals surface area contributed by atoms with E-state index in [9.17, 15) is 32.8 Å². The zero-order valence-electron chi connectivity index (χ0n) is 28.2. The molecule has 5 rings (SSSR count). The molecule has 0 radical (unpaired) electrons. The van der Waals surface area contributed by atoms with Crippen LogP contribution in [0.25, 0.3) is 10.9 Å². The van der Waals surface area contributed by atoms with Gasteiger partial charge in [-0.15, -0.1) is 0 Å². The van der Waals surface area contributed by atoms with Crippen LogP contribution >= 0.6 is 0 Å². The first-order chi connectivity index (χ1) is 23.4. The Morgan fingerprint density at radius 2 is 1.64 bits per heavy atom. The molecule has 0 bridgehead atoms. The Morgan fingerprint density at radius 3 is 2.22 bits per heavy atom. The minimum Gasteiger partial charge on any atom is -0.489 e. The maximum Gasteiger partial charge on any atom is 0.490 e. The first-order valence-electron chi connectivity index (χ1n) is 16.0. The van der Waals surface area contributed by atoms with E-state index in [1.54, 1.807) is 21.5 Å². The Bertz CT molecular complexity index is 1680. The summed E-state index contributed by atoms with van der Waals surface area (Å²) in [5, 5.41) is 17.7. The molecule has 3 amide bonds. The lowest BCUT2D eigenvalue weighted by atomic mass is 9.80. The summed E-state index contributed by atoms with van der Waals surface area (Å²) in [6.45, 7) is 8.94. The van der Waals surface area contributed by atoms with Crippen molar-refractivity contribution in [1.82, 2.24) is 20.3 Å². The van der Waals surface area contributed by atoms with E-state index in [-0.39, 0.29) is 17.9 Å². The number of amides is 3. The number of nitrogens with zero attached hydrogens (tertiary/aromatic N) is 3. The zero-order valence-corrected chi connectivity index (χ0v) is 28.2. The summed E-state index contributed by atoms with van der Waals surface area (Å²) in [5.41, 5.74) is 3.14. The lowest BCUT2D eigenvalue weighted by Crippen LogP contribution is -2.55. The molecule has 0 spiro atoms. The molecule has 12 nitrogen and oxygen atoms in total. The Morgan fingerprint density at radius 1 is 1.02 bits per heavy atom. The van der Waals surface area contributed by atoms with Gasteiger partial charge in [0, 0.05) is 36.8 Å². The fourth-order valence-corrected chi connectivity index (χ4v) is 6.16. The fraction of sp³-hybridized carbons (Fsp3) is 0.457. The third-order valence-corrected chi connectivity index (χ3v) is 8.81. The summed E-state index contributed by atoms with van der Waals surface area (Å²) >= 11 is 0. The summed E-state index contributed by atoms with van der Waals surface area (Å²) < 4.78 is 43.3. The van der Waals surface area contributed by atoms with Crippen molar-refractivity contribution in [1.29, 1.82) is 0 Å². The number of aliphatic carboxylic acids is 1. The monoisotopic (exact) mass is 702 g/mol. The van der Waals surface area contributed by atoms with Crippen molar-refractivity contribution in [3.8, 4) is 5.75 Å². The molecule has 270 valence electrons. The minimum absolute atomic E-state index is 0.160. The Hall–Kier alpha value is -4.92. The number of likely N-dealkylation sites (tertiary alicyclic amines) is 2. The van der Waals surface area contributed by atoms with Crippen LogP contribution in [0.5, 0.6) is 5.75 Å². The van der Waals surface area contributed by atoms with E-state index in [4.69, 9.17) is 19.4 Å². The number of carbonyl (C=O) groups is 4. The van der Waals surface area contributed by atoms with Crippen molar-refractivity contribution in [2.24, 2.45) is 5.92 Å². The van der Waals surface area contributed by atoms with Crippen molar-refractivity contribution in [2.45, 2.75) is 76.8 Å². The highest BCUT2D eigenvalue weighted by Gasteiger charge is 2.50. The molecule has 2 aromatic carbocycles. The van der Waals surface area contributed by atoms with Crippen LogP contribution in [-0.4, -0.2) is 86.4 Å². The smallest absolute Gasteiger partial charge is 0.489 e. The van der Waals surface area contributed by atoms with Crippen LogP contribution in [-0.2, 0) is 31.1 Å². The number of halogens is 3. The highest BCUT2D eigenvalue weighted by molar-refractivity contribution is 5.94. The summed E-state index contributed by atoms with van der Waals surface area (Å²) in [7, 11) is 0. The quantitative estimate of drug-likeness (QED) is 0.215. The third-order valence-electron chi connectivity index (χ3n) is 8.81. The minimum atomic E-state index is -5.08. The second-order valence-electron chi connectivity index (χ2n) is 13.4. The predicted molar refractivity (Wildman–Crippen MR) is 174 cm³/mol. The molecule has 1 aromatic heterocycles. The molecular weight excluding hydrogens is 661 g/mol. The third kappa shape index (κ3) is 9.00. The molecule has 2 aliphatic heterocycles. The number of hydroxylamine groups is 1. The number of alkyl halides is 3. The number of para-hydroxylation sites is 1. The molecule has 0 saturated carbocycles. The number of piperidine rings is 1. The number of pyridine rings is 1. The van der Waals surface area contributed by atoms with Gasteiger partial charge >= 0.3 is 18.2 Å². The van der Waals surface area contributed by atoms with Gasteiger partial charge in [0.25, 0.3) is 5.91 Å². The molecule has 15 heteroatoms. The van der Waals surface area contributed by atoms with E-state index in [1.165, 1.54) is 0 Å². The van der Waals surface area contributed by atoms with Gasteiger partial charge in [-0.1, -0.05) is 30.3 Å². The van der Waals surface area contributed by atoms with E-state index in [0.717, 1.165) is 22.0 Å². The SMILES string of the molecule is CC(C)(C)OC(=O)N1CCC([C@H](C(=O)NO)N2CCC(C)(c3ccc(OCc4ccnc5ccccc45)cc3)C2=O)CC1.O=C(O)C(F)(F)F. The highest BCUT2D eigenvalue weighted by atomic mass is 19.4. The topological polar surface area (TPSA) is 159 Å². The van der Waals surface area contributed by atoms with Gasteiger partial charge in [-0.3, -0.25) is 19.8 Å². The molecule has 2 aliphatic rings. The summed E-state index contributed by atoms with van der Waals surface area (Å²) in [6.07, 6.45) is -2.15.